The first kappa shape index (κ1) is 10.5. The maximum atomic E-state index is 11.2. The number of nitrogens with zero attached hydrogens (tertiary/aromatic N) is 2. The minimum atomic E-state index is -3.34. The predicted molar refractivity (Wildman–Crippen MR) is 49.7 cm³/mol. The molecule has 0 aliphatic rings. The molecule has 0 atom stereocenters. The monoisotopic (exact) mass is 223 g/mol. The molecule has 1 aromatic heterocycles. The Balaban J connectivity index is 2.66. The van der Waals surface area contributed by atoms with Crippen LogP contribution in [0.1, 0.15) is 5.82 Å². The lowest BCUT2D eigenvalue weighted by Gasteiger charge is -2.12. The fourth-order valence-corrected chi connectivity index (χ4v) is 1.76. The Morgan fingerprint density at radius 3 is 2.85 bits per heavy atom. The van der Waals surface area contributed by atoms with Crippen LogP contribution in [0.25, 0.3) is 0 Å². The highest BCUT2D eigenvalue weighted by Crippen LogP contribution is 2.04. The molecule has 74 valence electrons. The SMILES string of the molecule is CN(Cc1ncc[nH]1)S(=O)(=O)CCl. The highest BCUT2D eigenvalue weighted by Gasteiger charge is 2.16. The summed E-state index contributed by atoms with van der Waals surface area (Å²) in [6.07, 6.45) is 3.20. The topological polar surface area (TPSA) is 66.1 Å². The molecule has 0 saturated carbocycles. The largest absolute Gasteiger partial charge is 0.347 e. The molecule has 13 heavy (non-hydrogen) atoms. The summed E-state index contributed by atoms with van der Waals surface area (Å²) >= 11 is 5.27. The Kier molecular flexibility index (Phi) is 3.29. The van der Waals surface area contributed by atoms with Crippen LogP contribution in [0.15, 0.2) is 12.4 Å². The van der Waals surface area contributed by atoms with Crippen LogP contribution in [-0.2, 0) is 16.6 Å². The van der Waals surface area contributed by atoms with E-state index in [-0.39, 0.29) is 6.54 Å². The summed E-state index contributed by atoms with van der Waals surface area (Å²) in [5, 5.41) is -0.412. The normalized spacial score (nSPS) is 12.2. The van der Waals surface area contributed by atoms with Crippen molar-refractivity contribution in [2.45, 2.75) is 6.54 Å². The number of aromatic amines is 1. The van der Waals surface area contributed by atoms with Gasteiger partial charge in [-0.2, -0.15) is 4.31 Å². The van der Waals surface area contributed by atoms with E-state index in [1.54, 1.807) is 12.4 Å². The zero-order valence-corrected chi connectivity index (χ0v) is 8.64. The number of alkyl halides is 1. The second-order valence-electron chi connectivity index (χ2n) is 2.51. The molecule has 0 amide bonds. The van der Waals surface area contributed by atoms with E-state index in [1.165, 1.54) is 7.05 Å². The number of halogens is 1. The standard InChI is InChI=1S/C6H10ClN3O2S/c1-10(13(11,12)5-7)4-6-8-2-3-9-6/h2-3H,4-5H2,1H3,(H,8,9). The van der Waals surface area contributed by atoms with Crippen LogP contribution in [0, 0.1) is 0 Å². The fraction of sp³-hybridized carbons (Fsp3) is 0.500. The summed E-state index contributed by atoms with van der Waals surface area (Å²) in [7, 11) is -1.88. The molecule has 0 unspecified atom stereocenters. The molecule has 0 aliphatic carbocycles. The lowest BCUT2D eigenvalue weighted by Crippen LogP contribution is -2.27. The molecule has 7 heteroatoms. The molecule has 0 radical (unpaired) electrons. The maximum absolute atomic E-state index is 11.2. The van der Waals surface area contributed by atoms with Gasteiger partial charge in [0.15, 0.2) is 0 Å². The summed E-state index contributed by atoms with van der Waals surface area (Å²) in [6.45, 7) is 0.210. The molecular weight excluding hydrogens is 214 g/mol. The lowest BCUT2D eigenvalue weighted by molar-refractivity contribution is 0.462. The van der Waals surface area contributed by atoms with Crippen LogP contribution in [0.4, 0.5) is 0 Å². The summed E-state index contributed by atoms with van der Waals surface area (Å²) in [5.74, 6) is 0.594. The van der Waals surface area contributed by atoms with E-state index in [4.69, 9.17) is 11.6 Å². The van der Waals surface area contributed by atoms with Gasteiger partial charge in [-0.15, -0.1) is 11.6 Å². The van der Waals surface area contributed by atoms with Gasteiger partial charge in [-0.05, 0) is 0 Å². The minimum Gasteiger partial charge on any atom is -0.347 e. The molecule has 0 aliphatic heterocycles. The third-order valence-corrected chi connectivity index (χ3v) is 3.72. The van der Waals surface area contributed by atoms with Crippen molar-refractivity contribution in [2.75, 3.05) is 12.3 Å². The van der Waals surface area contributed by atoms with Crippen LogP contribution >= 0.6 is 11.6 Å². The van der Waals surface area contributed by atoms with Crippen molar-refractivity contribution in [3.63, 3.8) is 0 Å². The van der Waals surface area contributed by atoms with Crippen molar-refractivity contribution < 1.29 is 8.42 Å². The highest BCUT2D eigenvalue weighted by atomic mass is 35.5. The number of nitrogens with one attached hydrogen (secondary N) is 1. The van der Waals surface area contributed by atoms with Crippen LogP contribution in [0.5, 0.6) is 0 Å². The zero-order valence-electron chi connectivity index (χ0n) is 7.07. The molecule has 0 aromatic carbocycles. The van der Waals surface area contributed by atoms with Crippen molar-refractivity contribution in [2.24, 2.45) is 0 Å². The van der Waals surface area contributed by atoms with Gasteiger partial charge < -0.3 is 4.98 Å². The van der Waals surface area contributed by atoms with Crippen molar-refractivity contribution in [3.05, 3.63) is 18.2 Å². The number of imidazole rings is 1. The van der Waals surface area contributed by atoms with Crippen molar-refractivity contribution in [1.82, 2.24) is 14.3 Å². The Hall–Kier alpha value is -0.590. The third-order valence-electron chi connectivity index (χ3n) is 1.54. The molecule has 1 heterocycles. The van der Waals surface area contributed by atoms with Gasteiger partial charge in [-0.1, -0.05) is 0 Å². The van der Waals surface area contributed by atoms with Gasteiger partial charge in [-0.25, -0.2) is 13.4 Å². The van der Waals surface area contributed by atoms with Gasteiger partial charge >= 0.3 is 0 Å². The maximum Gasteiger partial charge on any atom is 0.228 e. The zero-order chi connectivity index (χ0) is 9.90. The minimum absolute atomic E-state index is 0.210. The van der Waals surface area contributed by atoms with Gasteiger partial charge in [0.05, 0.1) is 6.54 Å². The molecule has 0 saturated heterocycles. The molecule has 0 fully saturated rings. The second kappa shape index (κ2) is 4.08. The molecular formula is C6H10ClN3O2S. The van der Waals surface area contributed by atoms with Crippen molar-refractivity contribution in [1.29, 1.82) is 0 Å². The first-order valence-corrected chi connectivity index (χ1v) is 5.69. The fourth-order valence-electron chi connectivity index (χ4n) is 0.777. The first-order chi connectivity index (χ1) is 6.06. The van der Waals surface area contributed by atoms with Gasteiger partial charge in [-0.3, -0.25) is 0 Å². The van der Waals surface area contributed by atoms with E-state index in [0.29, 0.717) is 5.82 Å². The molecule has 0 bridgehead atoms. The molecule has 1 rings (SSSR count). The van der Waals surface area contributed by atoms with Crippen molar-refractivity contribution in [3.8, 4) is 0 Å². The summed E-state index contributed by atoms with van der Waals surface area (Å²) < 4.78 is 23.5. The number of sulfonamides is 1. The number of H-pyrrole nitrogens is 1. The van der Waals surface area contributed by atoms with E-state index in [1.807, 2.05) is 0 Å². The number of aromatic nitrogens is 2. The summed E-state index contributed by atoms with van der Waals surface area (Å²) in [4.78, 5) is 6.70. The Bertz CT molecular complexity index is 348. The van der Waals surface area contributed by atoms with Crippen LogP contribution in [-0.4, -0.2) is 35.0 Å². The number of rotatable bonds is 4. The van der Waals surface area contributed by atoms with Gasteiger partial charge in [0.2, 0.25) is 10.0 Å². The summed E-state index contributed by atoms with van der Waals surface area (Å²) in [6, 6.07) is 0. The molecule has 5 nitrogen and oxygen atoms in total. The number of hydrogen-bond donors (Lipinski definition) is 1. The second-order valence-corrected chi connectivity index (χ2v) is 5.17. The first-order valence-electron chi connectivity index (χ1n) is 3.54. The van der Waals surface area contributed by atoms with Crippen LogP contribution in [0.2, 0.25) is 0 Å². The van der Waals surface area contributed by atoms with E-state index in [0.717, 1.165) is 4.31 Å². The van der Waals surface area contributed by atoms with E-state index < -0.39 is 15.2 Å². The third kappa shape index (κ3) is 2.68. The highest BCUT2D eigenvalue weighted by molar-refractivity contribution is 7.90. The van der Waals surface area contributed by atoms with E-state index >= 15 is 0 Å². The van der Waals surface area contributed by atoms with E-state index in [9.17, 15) is 8.42 Å². The molecule has 0 spiro atoms. The summed E-state index contributed by atoms with van der Waals surface area (Å²) in [5.41, 5.74) is 0. The average Bonchev–Trinajstić information content (AvgIpc) is 2.57. The van der Waals surface area contributed by atoms with Crippen LogP contribution < -0.4 is 0 Å². The Morgan fingerprint density at radius 2 is 2.38 bits per heavy atom. The Morgan fingerprint density at radius 1 is 1.69 bits per heavy atom. The predicted octanol–water partition coefficient (Wildman–Crippen LogP) is 0.368. The Labute approximate surface area is 81.8 Å². The number of hydrogen-bond acceptors (Lipinski definition) is 3. The van der Waals surface area contributed by atoms with Crippen LogP contribution in [0.3, 0.4) is 0 Å². The lowest BCUT2D eigenvalue weighted by atomic mass is 10.6. The van der Waals surface area contributed by atoms with Gasteiger partial charge in [0.1, 0.15) is 11.0 Å². The molecule has 1 aromatic rings. The average molecular weight is 224 g/mol. The van der Waals surface area contributed by atoms with Gasteiger partial charge in [0.25, 0.3) is 0 Å². The van der Waals surface area contributed by atoms with E-state index in [2.05, 4.69) is 9.97 Å². The van der Waals surface area contributed by atoms with Gasteiger partial charge in [0, 0.05) is 19.4 Å². The van der Waals surface area contributed by atoms with Crippen molar-refractivity contribution >= 4 is 21.6 Å². The quantitative estimate of drug-likeness (QED) is 0.750. The molecule has 1 N–H and O–H groups in total. The smallest absolute Gasteiger partial charge is 0.228 e.